The predicted molar refractivity (Wildman–Crippen MR) is 82.2 cm³/mol. The Morgan fingerprint density at radius 3 is 2.19 bits per heavy atom. The lowest BCUT2D eigenvalue weighted by Gasteiger charge is -2.13. The van der Waals surface area contributed by atoms with Crippen molar-refractivity contribution < 1.29 is 14.3 Å². The van der Waals surface area contributed by atoms with E-state index in [1.165, 1.54) is 6.92 Å². The Hall–Kier alpha value is -2.62. The number of rotatable bonds is 4. The van der Waals surface area contributed by atoms with Gasteiger partial charge in [0, 0.05) is 25.3 Å². The van der Waals surface area contributed by atoms with Crippen molar-refractivity contribution in [2.24, 2.45) is 0 Å². The summed E-state index contributed by atoms with van der Waals surface area (Å²) >= 11 is 0. The van der Waals surface area contributed by atoms with Crippen LogP contribution in [0.15, 0.2) is 48.5 Å². The number of Topliss-reactive ketones (excluding diaryl/α,β-unsaturated/α-hetero) is 1. The summed E-state index contributed by atoms with van der Waals surface area (Å²) < 4.78 is 5.30. The molecule has 0 amide bonds. The average Bonchev–Trinajstić information content (AvgIpc) is 2.48. The van der Waals surface area contributed by atoms with Crippen LogP contribution in [0.4, 0.5) is 5.69 Å². The molecule has 0 spiro atoms. The SMILES string of the molecule is CC(=O)c1ccc(OC(=O)c2cccc(N(C)C)c2)cc1. The summed E-state index contributed by atoms with van der Waals surface area (Å²) in [6.07, 6.45) is 0. The molecule has 0 aliphatic heterocycles. The highest BCUT2D eigenvalue weighted by Crippen LogP contribution is 2.17. The van der Waals surface area contributed by atoms with E-state index in [1.807, 2.05) is 31.1 Å². The van der Waals surface area contributed by atoms with Crippen molar-refractivity contribution in [2.75, 3.05) is 19.0 Å². The molecule has 0 heterocycles. The number of ether oxygens (including phenoxy) is 1. The lowest BCUT2D eigenvalue weighted by molar-refractivity contribution is 0.0734. The van der Waals surface area contributed by atoms with Gasteiger partial charge in [-0.15, -0.1) is 0 Å². The summed E-state index contributed by atoms with van der Waals surface area (Å²) in [5.74, 6) is -0.0268. The smallest absolute Gasteiger partial charge is 0.343 e. The molecule has 0 aliphatic rings. The highest BCUT2D eigenvalue weighted by atomic mass is 16.5. The number of ketones is 1. The number of esters is 1. The van der Waals surface area contributed by atoms with Gasteiger partial charge in [-0.25, -0.2) is 4.79 Å². The number of hydrogen-bond donors (Lipinski definition) is 0. The lowest BCUT2D eigenvalue weighted by atomic mass is 10.1. The molecule has 0 N–H and O–H groups in total. The highest BCUT2D eigenvalue weighted by Gasteiger charge is 2.10. The van der Waals surface area contributed by atoms with E-state index >= 15 is 0 Å². The lowest BCUT2D eigenvalue weighted by Crippen LogP contribution is -2.12. The Kier molecular flexibility index (Phi) is 4.38. The zero-order chi connectivity index (χ0) is 15.4. The first-order valence-electron chi connectivity index (χ1n) is 6.58. The molecule has 21 heavy (non-hydrogen) atoms. The van der Waals surface area contributed by atoms with Crippen LogP contribution in [-0.2, 0) is 0 Å². The van der Waals surface area contributed by atoms with Gasteiger partial charge in [0.05, 0.1) is 5.56 Å². The van der Waals surface area contributed by atoms with Crippen molar-refractivity contribution in [1.82, 2.24) is 0 Å². The van der Waals surface area contributed by atoms with Crippen molar-refractivity contribution in [3.63, 3.8) is 0 Å². The van der Waals surface area contributed by atoms with Gasteiger partial charge in [-0.1, -0.05) is 6.07 Å². The zero-order valence-corrected chi connectivity index (χ0v) is 12.3. The van der Waals surface area contributed by atoms with Gasteiger partial charge in [-0.05, 0) is 49.4 Å². The minimum Gasteiger partial charge on any atom is -0.423 e. The minimum atomic E-state index is -0.422. The summed E-state index contributed by atoms with van der Waals surface area (Å²) in [7, 11) is 3.82. The van der Waals surface area contributed by atoms with Gasteiger partial charge in [-0.3, -0.25) is 4.79 Å². The van der Waals surface area contributed by atoms with Crippen molar-refractivity contribution in [1.29, 1.82) is 0 Å². The number of benzene rings is 2. The van der Waals surface area contributed by atoms with Crippen LogP contribution in [0.2, 0.25) is 0 Å². The van der Waals surface area contributed by atoms with Crippen LogP contribution < -0.4 is 9.64 Å². The van der Waals surface area contributed by atoms with Crippen LogP contribution in [0.5, 0.6) is 5.75 Å². The Balaban J connectivity index is 2.14. The molecule has 0 fully saturated rings. The van der Waals surface area contributed by atoms with Crippen LogP contribution in [-0.4, -0.2) is 25.8 Å². The number of carbonyl (C=O) groups excluding carboxylic acids is 2. The first-order valence-corrected chi connectivity index (χ1v) is 6.58. The van der Waals surface area contributed by atoms with E-state index in [4.69, 9.17) is 4.74 Å². The molecule has 0 saturated heterocycles. The van der Waals surface area contributed by atoms with Crippen molar-refractivity contribution in [3.8, 4) is 5.75 Å². The second kappa shape index (κ2) is 6.22. The summed E-state index contributed by atoms with van der Waals surface area (Å²) in [6.45, 7) is 1.49. The minimum absolute atomic E-state index is 0.0217. The third-order valence-electron chi connectivity index (χ3n) is 3.07. The number of hydrogen-bond acceptors (Lipinski definition) is 4. The van der Waals surface area contributed by atoms with Crippen molar-refractivity contribution in [2.45, 2.75) is 6.92 Å². The molecule has 2 aromatic rings. The maximum Gasteiger partial charge on any atom is 0.343 e. The molecule has 0 radical (unpaired) electrons. The molecule has 108 valence electrons. The second-order valence-electron chi connectivity index (χ2n) is 4.91. The van der Waals surface area contributed by atoms with Gasteiger partial charge in [0.15, 0.2) is 5.78 Å². The van der Waals surface area contributed by atoms with Crippen LogP contribution in [0.3, 0.4) is 0 Å². The van der Waals surface area contributed by atoms with E-state index in [9.17, 15) is 9.59 Å². The third-order valence-corrected chi connectivity index (χ3v) is 3.07. The summed E-state index contributed by atoms with van der Waals surface area (Å²) in [6, 6.07) is 13.7. The normalized spacial score (nSPS) is 10.0. The molecule has 2 rings (SSSR count). The molecule has 0 unspecified atom stereocenters. The number of carbonyl (C=O) groups is 2. The van der Waals surface area contributed by atoms with Gasteiger partial charge in [0.2, 0.25) is 0 Å². The fourth-order valence-electron chi connectivity index (χ4n) is 1.83. The predicted octanol–water partition coefficient (Wildman–Crippen LogP) is 3.17. The molecular weight excluding hydrogens is 266 g/mol. The van der Waals surface area contributed by atoms with Crippen LogP contribution in [0.25, 0.3) is 0 Å². The molecule has 4 nitrogen and oxygen atoms in total. The third kappa shape index (κ3) is 3.69. The Morgan fingerprint density at radius 2 is 1.62 bits per heavy atom. The molecule has 2 aromatic carbocycles. The van der Waals surface area contributed by atoms with Crippen LogP contribution in [0, 0.1) is 0 Å². The van der Waals surface area contributed by atoms with Gasteiger partial charge in [0.25, 0.3) is 0 Å². The van der Waals surface area contributed by atoms with Gasteiger partial charge in [0.1, 0.15) is 5.75 Å². The molecule has 0 aliphatic carbocycles. The maximum absolute atomic E-state index is 12.1. The second-order valence-corrected chi connectivity index (χ2v) is 4.91. The summed E-state index contributed by atoms with van der Waals surface area (Å²) in [5.41, 5.74) is 2.00. The Morgan fingerprint density at radius 1 is 0.952 bits per heavy atom. The van der Waals surface area contributed by atoms with Gasteiger partial charge in [-0.2, -0.15) is 0 Å². The Labute approximate surface area is 124 Å². The molecule has 0 bridgehead atoms. The van der Waals surface area contributed by atoms with E-state index in [-0.39, 0.29) is 5.78 Å². The quantitative estimate of drug-likeness (QED) is 0.491. The molecule has 0 aromatic heterocycles. The first-order chi connectivity index (χ1) is 9.97. The summed E-state index contributed by atoms with van der Waals surface area (Å²) in [4.78, 5) is 25.2. The largest absolute Gasteiger partial charge is 0.423 e. The van der Waals surface area contributed by atoms with Crippen molar-refractivity contribution >= 4 is 17.4 Å². The fraction of sp³-hybridized carbons (Fsp3) is 0.176. The van der Waals surface area contributed by atoms with E-state index in [0.717, 1.165) is 5.69 Å². The maximum atomic E-state index is 12.1. The van der Waals surface area contributed by atoms with E-state index in [1.54, 1.807) is 36.4 Å². The van der Waals surface area contributed by atoms with Crippen molar-refractivity contribution in [3.05, 3.63) is 59.7 Å². The Bertz CT molecular complexity index is 660. The van der Waals surface area contributed by atoms with Crippen LogP contribution in [0.1, 0.15) is 27.6 Å². The first kappa shape index (κ1) is 14.8. The van der Waals surface area contributed by atoms with E-state index < -0.39 is 5.97 Å². The summed E-state index contributed by atoms with van der Waals surface area (Å²) in [5, 5.41) is 0. The fourth-order valence-corrected chi connectivity index (χ4v) is 1.83. The monoisotopic (exact) mass is 283 g/mol. The topological polar surface area (TPSA) is 46.6 Å². The number of nitrogens with zero attached hydrogens (tertiary/aromatic N) is 1. The van der Waals surface area contributed by atoms with E-state index in [0.29, 0.717) is 16.9 Å². The van der Waals surface area contributed by atoms with Crippen LogP contribution >= 0.6 is 0 Å². The average molecular weight is 283 g/mol. The molecular formula is C17H17NO3. The number of anilines is 1. The standard InChI is InChI=1S/C17H17NO3/c1-12(19)13-7-9-16(10-8-13)21-17(20)14-5-4-6-15(11-14)18(2)3/h4-11H,1-3H3. The molecule has 4 heteroatoms. The van der Waals surface area contributed by atoms with Gasteiger partial charge >= 0.3 is 5.97 Å². The highest BCUT2D eigenvalue weighted by molar-refractivity contribution is 5.94. The van der Waals surface area contributed by atoms with E-state index in [2.05, 4.69) is 0 Å². The molecule has 0 atom stereocenters. The zero-order valence-electron chi connectivity index (χ0n) is 12.3. The molecule has 0 saturated carbocycles. The van der Waals surface area contributed by atoms with Gasteiger partial charge < -0.3 is 9.64 Å².